The summed E-state index contributed by atoms with van der Waals surface area (Å²) >= 11 is 0. The molecule has 0 saturated heterocycles. The van der Waals surface area contributed by atoms with E-state index < -0.39 is 0 Å². The maximum Gasteiger partial charge on any atom is 0.272 e. The lowest BCUT2D eigenvalue weighted by atomic mass is 9.86. The van der Waals surface area contributed by atoms with Gasteiger partial charge in [-0.2, -0.15) is 5.10 Å². The maximum absolute atomic E-state index is 12.6. The molecule has 25 heavy (non-hydrogen) atoms. The van der Waals surface area contributed by atoms with E-state index in [2.05, 4.69) is 65.9 Å². The molecule has 0 fully saturated rings. The second-order valence-electron chi connectivity index (χ2n) is 7.52. The van der Waals surface area contributed by atoms with Crippen molar-refractivity contribution in [1.82, 2.24) is 20.8 Å². The van der Waals surface area contributed by atoms with Gasteiger partial charge < -0.3 is 10.6 Å². The Morgan fingerprint density at radius 1 is 1.24 bits per heavy atom. The van der Waals surface area contributed by atoms with Gasteiger partial charge in [0.15, 0.2) is 5.69 Å². The van der Waals surface area contributed by atoms with Crippen LogP contribution >= 0.6 is 12.4 Å². The lowest BCUT2D eigenvalue weighted by Crippen LogP contribution is -2.30. The fourth-order valence-electron chi connectivity index (χ4n) is 3.03. The number of aromatic nitrogens is 2. The summed E-state index contributed by atoms with van der Waals surface area (Å²) in [5.74, 6) is -0.122. The Labute approximate surface area is 155 Å². The summed E-state index contributed by atoms with van der Waals surface area (Å²) in [6.45, 7) is 10.2. The molecule has 136 valence electrons. The summed E-state index contributed by atoms with van der Waals surface area (Å²) in [6, 6.07) is 8.40. The molecule has 2 aromatic rings. The molecule has 1 unspecified atom stereocenters. The topological polar surface area (TPSA) is 69.8 Å². The number of benzene rings is 1. The average molecular weight is 363 g/mol. The lowest BCUT2D eigenvalue weighted by Gasteiger charge is -2.21. The van der Waals surface area contributed by atoms with Crippen LogP contribution in [0.15, 0.2) is 24.3 Å². The fourth-order valence-corrected chi connectivity index (χ4v) is 3.03. The third-order valence-corrected chi connectivity index (χ3v) is 4.65. The van der Waals surface area contributed by atoms with Crippen LogP contribution in [0.3, 0.4) is 0 Å². The highest BCUT2D eigenvalue weighted by Gasteiger charge is 2.23. The summed E-state index contributed by atoms with van der Waals surface area (Å²) in [5.41, 5.74) is 5.09. The molecule has 1 aromatic heterocycles. The van der Waals surface area contributed by atoms with Crippen LogP contribution in [0.2, 0.25) is 0 Å². The van der Waals surface area contributed by atoms with Crippen molar-refractivity contribution in [2.45, 2.75) is 52.1 Å². The molecule has 6 heteroatoms. The van der Waals surface area contributed by atoms with E-state index in [1.54, 1.807) is 0 Å². The van der Waals surface area contributed by atoms with E-state index in [-0.39, 0.29) is 29.8 Å². The smallest absolute Gasteiger partial charge is 0.272 e. The molecular formula is C19H27ClN4O. The maximum atomic E-state index is 12.6. The Bertz CT molecular complexity index is 731. The molecule has 1 atom stereocenters. The van der Waals surface area contributed by atoms with Crippen molar-refractivity contribution >= 4 is 18.3 Å². The van der Waals surface area contributed by atoms with Crippen LogP contribution in [0.4, 0.5) is 0 Å². The van der Waals surface area contributed by atoms with Crippen molar-refractivity contribution in [3.63, 3.8) is 0 Å². The molecule has 2 heterocycles. The van der Waals surface area contributed by atoms with Gasteiger partial charge in [-0.1, -0.05) is 45.0 Å². The van der Waals surface area contributed by atoms with Gasteiger partial charge in [0.05, 0.1) is 6.04 Å². The van der Waals surface area contributed by atoms with Crippen molar-refractivity contribution in [2.75, 3.05) is 6.54 Å². The Morgan fingerprint density at radius 2 is 1.92 bits per heavy atom. The number of nitrogens with one attached hydrogen (secondary N) is 3. The summed E-state index contributed by atoms with van der Waals surface area (Å²) in [4.78, 5) is 12.6. The number of H-pyrrole nitrogens is 1. The number of carbonyl (C=O) groups excluding carboxylic acids is 1. The Morgan fingerprint density at radius 3 is 2.56 bits per heavy atom. The highest BCUT2D eigenvalue weighted by atomic mass is 35.5. The van der Waals surface area contributed by atoms with Crippen molar-refractivity contribution in [2.24, 2.45) is 0 Å². The number of amides is 1. The van der Waals surface area contributed by atoms with Gasteiger partial charge in [-0.25, -0.2) is 0 Å². The minimum atomic E-state index is -0.122. The van der Waals surface area contributed by atoms with Crippen LogP contribution < -0.4 is 10.6 Å². The third-order valence-electron chi connectivity index (χ3n) is 4.65. The average Bonchev–Trinajstić information content (AvgIpc) is 2.98. The molecule has 0 spiro atoms. The number of nitrogens with zero attached hydrogens (tertiary/aromatic N) is 1. The molecule has 0 bridgehead atoms. The molecule has 1 aliphatic rings. The quantitative estimate of drug-likeness (QED) is 0.784. The molecule has 0 aliphatic carbocycles. The Hall–Kier alpha value is -1.85. The second-order valence-corrected chi connectivity index (χ2v) is 7.52. The van der Waals surface area contributed by atoms with Crippen molar-refractivity contribution in [3.8, 4) is 0 Å². The van der Waals surface area contributed by atoms with Crippen molar-refractivity contribution in [3.05, 3.63) is 52.3 Å². The van der Waals surface area contributed by atoms with Gasteiger partial charge in [-0.3, -0.25) is 9.89 Å². The molecule has 1 amide bonds. The zero-order valence-electron chi connectivity index (χ0n) is 15.3. The van der Waals surface area contributed by atoms with Gasteiger partial charge in [-0.15, -0.1) is 12.4 Å². The van der Waals surface area contributed by atoms with E-state index in [1.165, 1.54) is 5.56 Å². The van der Waals surface area contributed by atoms with Crippen LogP contribution in [-0.4, -0.2) is 22.6 Å². The molecule has 0 radical (unpaired) electrons. The SMILES string of the molecule is CC(NC(=O)c1n[nH]c2c1CNCC2)c1ccc(C(C)(C)C)cc1.Cl. The van der Waals surface area contributed by atoms with Crippen LogP contribution in [0.1, 0.15) is 66.6 Å². The first-order valence-corrected chi connectivity index (χ1v) is 8.54. The summed E-state index contributed by atoms with van der Waals surface area (Å²) in [7, 11) is 0. The van der Waals surface area contributed by atoms with Gasteiger partial charge in [0, 0.05) is 30.8 Å². The van der Waals surface area contributed by atoms with Crippen molar-refractivity contribution < 1.29 is 4.79 Å². The van der Waals surface area contributed by atoms with Gasteiger partial charge in [-0.05, 0) is 23.5 Å². The fraction of sp³-hybridized carbons (Fsp3) is 0.474. The van der Waals surface area contributed by atoms with E-state index in [1.807, 2.05) is 6.92 Å². The molecule has 3 N–H and O–H groups in total. The van der Waals surface area contributed by atoms with E-state index in [0.29, 0.717) is 12.2 Å². The second kappa shape index (κ2) is 7.58. The number of halogens is 1. The number of rotatable bonds is 3. The molecule has 3 rings (SSSR count). The van der Waals surface area contributed by atoms with Gasteiger partial charge in [0.25, 0.3) is 5.91 Å². The zero-order valence-corrected chi connectivity index (χ0v) is 16.1. The van der Waals surface area contributed by atoms with E-state index >= 15 is 0 Å². The first-order valence-electron chi connectivity index (χ1n) is 8.54. The standard InChI is InChI=1S/C19H26N4O.ClH/c1-12(13-5-7-14(8-6-13)19(2,3)4)21-18(24)17-15-11-20-10-9-16(15)22-23-17;/h5-8,12,20H,9-11H2,1-4H3,(H,21,24)(H,22,23);1H. The summed E-state index contributed by atoms with van der Waals surface area (Å²) in [5, 5.41) is 13.6. The summed E-state index contributed by atoms with van der Waals surface area (Å²) in [6.07, 6.45) is 0.888. The van der Waals surface area contributed by atoms with Gasteiger partial charge in [0.2, 0.25) is 0 Å². The predicted molar refractivity (Wildman–Crippen MR) is 102 cm³/mol. The number of aromatic amines is 1. The van der Waals surface area contributed by atoms with Crippen LogP contribution in [0, 0.1) is 0 Å². The number of hydrogen-bond donors (Lipinski definition) is 3. The molecule has 1 aliphatic heterocycles. The van der Waals surface area contributed by atoms with E-state index in [4.69, 9.17) is 0 Å². The number of fused-ring (bicyclic) bond motifs is 1. The number of carbonyl (C=O) groups is 1. The predicted octanol–water partition coefficient (Wildman–Crippen LogP) is 3.27. The van der Waals surface area contributed by atoms with E-state index in [9.17, 15) is 4.79 Å². The highest BCUT2D eigenvalue weighted by molar-refractivity contribution is 5.94. The zero-order chi connectivity index (χ0) is 17.3. The van der Waals surface area contributed by atoms with Crippen molar-refractivity contribution in [1.29, 1.82) is 0 Å². The minimum absolute atomic E-state index is 0. The van der Waals surface area contributed by atoms with Gasteiger partial charge >= 0.3 is 0 Å². The van der Waals surface area contributed by atoms with E-state index in [0.717, 1.165) is 29.8 Å². The molecular weight excluding hydrogens is 336 g/mol. The van der Waals surface area contributed by atoms with Crippen LogP contribution in [0.5, 0.6) is 0 Å². The Kier molecular flexibility index (Phi) is 5.91. The highest BCUT2D eigenvalue weighted by Crippen LogP contribution is 2.24. The molecule has 0 saturated carbocycles. The number of hydrogen-bond acceptors (Lipinski definition) is 3. The first kappa shape index (κ1) is 19.5. The van der Waals surface area contributed by atoms with Crippen LogP contribution in [0.25, 0.3) is 0 Å². The molecule has 1 aromatic carbocycles. The third kappa shape index (κ3) is 4.22. The Balaban J connectivity index is 0.00000225. The first-order chi connectivity index (χ1) is 11.4. The largest absolute Gasteiger partial charge is 0.344 e. The summed E-state index contributed by atoms with van der Waals surface area (Å²) < 4.78 is 0. The minimum Gasteiger partial charge on any atom is -0.344 e. The normalized spacial score (nSPS) is 15.0. The molecule has 5 nitrogen and oxygen atoms in total. The lowest BCUT2D eigenvalue weighted by molar-refractivity contribution is 0.0933. The van der Waals surface area contributed by atoms with Gasteiger partial charge in [0.1, 0.15) is 0 Å². The van der Waals surface area contributed by atoms with Crippen LogP contribution in [-0.2, 0) is 18.4 Å². The monoisotopic (exact) mass is 362 g/mol.